The summed E-state index contributed by atoms with van der Waals surface area (Å²) in [6.45, 7) is 11.3. The molecule has 0 aliphatic carbocycles. The third-order valence-corrected chi connectivity index (χ3v) is 11.7. The van der Waals surface area contributed by atoms with Gasteiger partial charge in [-0.15, -0.1) is 0 Å². The van der Waals surface area contributed by atoms with E-state index in [2.05, 4.69) is 39.8 Å². The standard InChI is InChI=1S/C52H98O3/c1-5-8-11-14-17-20-23-26-29-32-35-38-41-44-53-50-47-49(4)48-51(54-45-42-39-36-33-30-27-24-21-18-15-12-9-6-2)52(50)55-46-43-40-37-34-31-28-25-22-19-16-13-10-7-3/h47-48H,5-46H2,1-4H3. The zero-order chi connectivity index (χ0) is 39.5. The van der Waals surface area contributed by atoms with Crippen LogP contribution in [0.5, 0.6) is 17.2 Å². The van der Waals surface area contributed by atoms with Gasteiger partial charge in [-0.25, -0.2) is 0 Å². The van der Waals surface area contributed by atoms with Crippen LogP contribution in [0.4, 0.5) is 0 Å². The van der Waals surface area contributed by atoms with Gasteiger partial charge in [0.15, 0.2) is 11.5 Å². The summed E-state index contributed by atoms with van der Waals surface area (Å²) in [4.78, 5) is 0. The summed E-state index contributed by atoms with van der Waals surface area (Å²) in [7, 11) is 0. The molecule has 0 N–H and O–H groups in total. The molecule has 0 aliphatic heterocycles. The van der Waals surface area contributed by atoms with Crippen molar-refractivity contribution in [1.82, 2.24) is 0 Å². The van der Waals surface area contributed by atoms with E-state index in [4.69, 9.17) is 14.2 Å². The summed E-state index contributed by atoms with van der Waals surface area (Å²) in [6, 6.07) is 4.33. The van der Waals surface area contributed by atoms with Crippen molar-refractivity contribution in [1.29, 1.82) is 0 Å². The highest BCUT2D eigenvalue weighted by atomic mass is 16.5. The van der Waals surface area contributed by atoms with Crippen molar-refractivity contribution < 1.29 is 14.2 Å². The lowest BCUT2D eigenvalue weighted by molar-refractivity contribution is 0.234. The van der Waals surface area contributed by atoms with Gasteiger partial charge in [0.1, 0.15) is 0 Å². The molecule has 0 atom stereocenters. The summed E-state index contributed by atoms with van der Waals surface area (Å²) in [6.07, 6.45) is 53.3. The molecule has 0 aromatic heterocycles. The van der Waals surface area contributed by atoms with Gasteiger partial charge in [0.2, 0.25) is 5.75 Å². The molecule has 0 aliphatic rings. The van der Waals surface area contributed by atoms with E-state index >= 15 is 0 Å². The molecule has 0 saturated carbocycles. The maximum atomic E-state index is 6.51. The number of benzene rings is 1. The van der Waals surface area contributed by atoms with E-state index in [9.17, 15) is 0 Å². The van der Waals surface area contributed by atoms with Gasteiger partial charge < -0.3 is 14.2 Å². The Balaban J connectivity index is 2.40. The minimum absolute atomic E-state index is 0.741. The van der Waals surface area contributed by atoms with E-state index in [-0.39, 0.29) is 0 Å². The number of rotatable bonds is 45. The minimum atomic E-state index is 0.741. The van der Waals surface area contributed by atoms with Gasteiger partial charge in [-0.05, 0) is 43.9 Å². The van der Waals surface area contributed by atoms with E-state index in [0.717, 1.165) is 56.3 Å². The van der Waals surface area contributed by atoms with Crippen LogP contribution >= 0.6 is 0 Å². The molecule has 0 radical (unpaired) electrons. The average Bonchev–Trinajstić information content (AvgIpc) is 3.18. The largest absolute Gasteiger partial charge is 0.490 e. The number of unbranched alkanes of at least 4 members (excludes halogenated alkanes) is 36. The van der Waals surface area contributed by atoms with Gasteiger partial charge in [-0.2, -0.15) is 0 Å². The van der Waals surface area contributed by atoms with E-state index < -0.39 is 0 Å². The number of ether oxygens (including phenoxy) is 3. The Morgan fingerprint density at radius 3 is 0.709 bits per heavy atom. The van der Waals surface area contributed by atoms with Crippen molar-refractivity contribution in [2.75, 3.05) is 19.8 Å². The van der Waals surface area contributed by atoms with Crippen LogP contribution in [0.25, 0.3) is 0 Å². The van der Waals surface area contributed by atoms with Crippen molar-refractivity contribution in [2.45, 2.75) is 278 Å². The Morgan fingerprint density at radius 1 is 0.273 bits per heavy atom. The summed E-state index contributed by atoms with van der Waals surface area (Å²) in [5.41, 5.74) is 1.19. The summed E-state index contributed by atoms with van der Waals surface area (Å²) in [5, 5.41) is 0. The zero-order valence-corrected chi connectivity index (χ0v) is 38.1. The van der Waals surface area contributed by atoms with Crippen molar-refractivity contribution in [3.8, 4) is 17.2 Å². The van der Waals surface area contributed by atoms with Crippen molar-refractivity contribution in [3.63, 3.8) is 0 Å². The minimum Gasteiger partial charge on any atom is -0.490 e. The molecule has 0 bridgehead atoms. The fraction of sp³-hybridized carbons (Fsp3) is 0.885. The van der Waals surface area contributed by atoms with Crippen LogP contribution in [0.1, 0.15) is 277 Å². The second kappa shape index (κ2) is 42.2. The highest BCUT2D eigenvalue weighted by Crippen LogP contribution is 2.39. The molecule has 1 aromatic rings. The summed E-state index contributed by atoms with van der Waals surface area (Å²) in [5.74, 6) is 2.61. The lowest BCUT2D eigenvalue weighted by Gasteiger charge is -2.18. The van der Waals surface area contributed by atoms with E-state index in [0.29, 0.717) is 0 Å². The second-order valence-corrected chi connectivity index (χ2v) is 17.4. The first-order valence-corrected chi connectivity index (χ1v) is 25.3. The van der Waals surface area contributed by atoms with Crippen LogP contribution < -0.4 is 14.2 Å². The molecular weight excluding hydrogens is 673 g/mol. The smallest absolute Gasteiger partial charge is 0.203 e. The van der Waals surface area contributed by atoms with E-state index in [1.54, 1.807) is 0 Å². The predicted octanol–water partition coefficient (Wildman–Crippen LogP) is 18.4. The molecule has 0 heterocycles. The van der Waals surface area contributed by atoms with Crippen molar-refractivity contribution in [2.24, 2.45) is 0 Å². The fourth-order valence-corrected chi connectivity index (χ4v) is 7.96. The Hall–Kier alpha value is -1.38. The second-order valence-electron chi connectivity index (χ2n) is 17.4. The monoisotopic (exact) mass is 771 g/mol. The molecule has 0 fully saturated rings. The Morgan fingerprint density at radius 2 is 0.473 bits per heavy atom. The topological polar surface area (TPSA) is 27.7 Å². The molecular formula is C52H98O3. The summed E-state index contributed by atoms with van der Waals surface area (Å²) < 4.78 is 19.4. The predicted molar refractivity (Wildman–Crippen MR) is 245 cm³/mol. The maximum Gasteiger partial charge on any atom is 0.203 e. The van der Waals surface area contributed by atoms with Crippen LogP contribution in [0.15, 0.2) is 12.1 Å². The Kier molecular flexibility index (Phi) is 39.7. The molecule has 324 valence electrons. The molecule has 0 saturated heterocycles. The van der Waals surface area contributed by atoms with Crippen LogP contribution in [0.2, 0.25) is 0 Å². The molecule has 55 heavy (non-hydrogen) atoms. The zero-order valence-electron chi connectivity index (χ0n) is 38.1. The third kappa shape index (κ3) is 34.4. The van der Waals surface area contributed by atoms with E-state index in [1.807, 2.05) is 0 Å². The lowest BCUT2D eigenvalue weighted by Crippen LogP contribution is -2.06. The normalized spacial score (nSPS) is 11.4. The molecule has 0 spiro atoms. The SMILES string of the molecule is CCCCCCCCCCCCCCCOc1cc(C)cc(OCCCCCCCCCCCCCCC)c1OCCCCCCCCCCCCCCC. The highest BCUT2D eigenvalue weighted by molar-refractivity contribution is 5.53. The third-order valence-electron chi connectivity index (χ3n) is 11.7. The molecule has 1 aromatic carbocycles. The van der Waals surface area contributed by atoms with Crippen LogP contribution in [-0.2, 0) is 0 Å². The van der Waals surface area contributed by atoms with Gasteiger partial charge in [-0.3, -0.25) is 0 Å². The Labute approximate surface area is 346 Å². The van der Waals surface area contributed by atoms with Gasteiger partial charge in [0.25, 0.3) is 0 Å². The van der Waals surface area contributed by atoms with Gasteiger partial charge >= 0.3 is 0 Å². The first-order valence-electron chi connectivity index (χ1n) is 25.3. The maximum absolute atomic E-state index is 6.51. The van der Waals surface area contributed by atoms with Crippen LogP contribution in [-0.4, -0.2) is 19.8 Å². The number of aryl methyl sites for hydroxylation is 1. The van der Waals surface area contributed by atoms with Crippen LogP contribution in [0.3, 0.4) is 0 Å². The molecule has 3 nitrogen and oxygen atoms in total. The first kappa shape index (κ1) is 51.6. The van der Waals surface area contributed by atoms with E-state index in [1.165, 1.54) is 237 Å². The summed E-state index contributed by atoms with van der Waals surface area (Å²) >= 11 is 0. The number of hydrogen-bond donors (Lipinski definition) is 0. The van der Waals surface area contributed by atoms with Gasteiger partial charge in [0, 0.05) is 0 Å². The van der Waals surface area contributed by atoms with Gasteiger partial charge in [0.05, 0.1) is 19.8 Å². The molecule has 3 heteroatoms. The van der Waals surface area contributed by atoms with Crippen LogP contribution in [0, 0.1) is 6.92 Å². The lowest BCUT2D eigenvalue weighted by atomic mass is 10.0. The Bertz CT molecular complexity index is 844. The van der Waals surface area contributed by atoms with Crippen molar-refractivity contribution in [3.05, 3.63) is 17.7 Å². The average molecular weight is 771 g/mol. The van der Waals surface area contributed by atoms with Crippen molar-refractivity contribution >= 4 is 0 Å². The quantitative estimate of drug-likeness (QED) is 0.0618. The molecule has 0 unspecified atom stereocenters. The highest BCUT2D eigenvalue weighted by Gasteiger charge is 2.15. The molecule has 1 rings (SSSR count). The van der Waals surface area contributed by atoms with Gasteiger partial charge in [-0.1, -0.05) is 252 Å². The first-order chi connectivity index (χ1) is 27.2. The number of hydrogen-bond acceptors (Lipinski definition) is 3. The molecule has 0 amide bonds. The fourth-order valence-electron chi connectivity index (χ4n) is 7.96.